The van der Waals surface area contributed by atoms with Crippen molar-refractivity contribution >= 4 is 11.7 Å². The van der Waals surface area contributed by atoms with Crippen molar-refractivity contribution in [3.8, 4) is 5.75 Å². The van der Waals surface area contributed by atoms with E-state index in [-0.39, 0.29) is 23.5 Å². The molecule has 4 nitrogen and oxygen atoms in total. The molecule has 3 rings (SSSR count). The number of benzene rings is 1. The largest absolute Gasteiger partial charge is 0.497 e. The summed E-state index contributed by atoms with van der Waals surface area (Å²) in [7, 11) is 1.61. The van der Waals surface area contributed by atoms with Crippen LogP contribution in [0.3, 0.4) is 0 Å². The minimum Gasteiger partial charge on any atom is -0.497 e. The Labute approximate surface area is 125 Å². The van der Waals surface area contributed by atoms with Crippen molar-refractivity contribution < 1.29 is 14.3 Å². The Hall–Kier alpha value is -1.84. The molecule has 0 N–H and O–H groups in total. The van der Waals surface area contributed by atoms with E-state index < -0.39 is 0 Å². The fraction of sp³-hybridized carbons (Fsp3) is 0.529. The second-order valence-corrected chi connectivity index (χ2v) is 5.99. The highest BCUT2D eigenvalue weighted by atomic mass is 16.5. The predicted molar refractivity (Wildman–Crippen MR) is 79.4 cm³/mol. The molecule has 1 heterocycles. The Balaban J connectivity index is 1.66. The van der Waals surface area contributed by atoms with Crippen LogP contribution >= 0.6 is 0 Å². The molecule has 1 aromatic carbocycles. The van der Waals surface area contributed by atoms with E-state index in [0.29, 0.717) is 12.1 Å². The zero-order valence-corrected chi connectivity index (χ0v) is 12.4. The number of nitrogens with zero attached hydrogens (tertiary/aromatic N) is 1. The number of Topliss-reactive ketones (excluding diaryl/α,β-unsaturated/α-hetero) is 1. The maximum atomic E-state index is 12.6. The Kier molecular flexibility index (Phi) is 3.95. The smallest absolute Gasteiger partial charge is 0.225 e. The number of carbonyl (C=O) groups is 2. The van der Waals surface area contributed by atoms with Gasteiger partial charge in [0.2, 0.25) is 5.91 Å². The third-order valence-electron chi connectivity index (χ3n) is 4.40. The van der Waals surface area contributed by atoms with Crippen molar-refractivity contribution in [1.29, 1.82) is 0 Å². The monoisotopic (exact) mass is 287 g/mol. The number of methoxy groups -OCH3 is 1. The first-order valence-corrected chi connectivity index (χ1v) is 7.66. The molecule has 0 unspecified atom stereocenters. The van der Waals surface area contributed by atoms with Crippen molar-refractivity contribution in [2.75, 3.05) is 20.2 Å². The zero-order chi connectivity index (χ0) is 14.8. The van der Waals surface area contributed by atoms with Crippen LogP contribution in [0.25, 0.3) is 0 Å². The predicted octanol–water partition coefficient (Wildman–Crippen LogP) is 2.53. The lowest BCUT2D eigenvalue weighted by molar-refractivity contribution is -0.133. The van der Waals surface area contributed by atoms with Crippen LogP contribution in [0.15, 0.2) is 24.3 Å². The van der Waals surface area contributed by atoms with Crippen LogP contribution in [0.4, 0.5) is 0 Å². The normalized spacial score (nSPS) is 22.0. The Bertz CT molecular complexity index is 533. The average molecular weight is 287 g/mol. The number of piperidine rings is 1. The van der Waals surface area contributed by atoms with E-state index in [9.17, 15) is 9.59 Å². The van der Waals surface area contributed by atoms with Crippen LogP contribution in [0.2, 0.25) is 0 Å². The van der Waals surface area contributed by atoms with Gasteiger partial charge in [0.05, 0.1) is 7.11 Å². The molecule has 0 radical (unpaired) electrons. The van der Waals surface area contributed by atoms with Crippen LogP contribution in [0, 0.1) is 11.8 Å². The van der Waals surface area contributed by atoms with Gasteiger partial charge in [-0.1, -0.05) is 0 Å². The Morgan fingerprint density at radius 1 is 1.10 bits per heavy atom. The summed E-state index contributed by atoms with van der Waals surface area (Å²) >= 11 is 0. The average Bonchev–Trinajstić information content (AvgIpc) is 3.38. The number of hydrogen-bond donors (Lipinski definition) is 0. The molecule has 0 aromatic heterocycles. The van der Waals surface area contributed by atoms with Crippen LogP contribution in [0.5, 0.6) is 5.75 Å². The molecular weight excluding hydrogens is 266 g/mol. The van der Waals surface area contributed by atoms with E-state index in [0.717, 1.165) is 38.0 Å². The lowest BCUT2D eigenvalue weighted by atomic mass is 9.90. The van der Waals surface area contributed by atoms with Crippen molar-refractivity contribution in [1.82, 2.24) is 4.90 Å². The lowest BCUT2D eigenvalue weighted by Gasteiger charge is -2.32. The first kappa shape index (κ1) is 14.1. The fourth-order valence-electron chi connectivity index (χ4n) is 2.97. The van der Waals surface area contributed by atoms with Gasteiger partial charge in [0.1, 0.15) is 5.75 Å². The van der Waals surface area contributed by atoms with Gasteiger partial charge in [-0.15, -0.1) is 0 Å². The molecule has 2 fully saturated rings. The molecule has 1 amide bonds. The SMILES string of the molecule is COc1ccc(C(=O)[C@H]2CCCN(C(=O)C3CC3)C2)cc1. The summed E-state index contributed by atoms with van der Waals surface area (Å²) < 4.78 is 5.11. The maximum absolute atomic E-state index is 12.6. The summed E-state index contributed by atoms with van der Waals surface area (Å²) in [6.45, 7) is 1.39. The van der Waals surface area contributed by atoms with Gasteiger partial charge in [0.25, 0.3) is 0 Å². The van der Waals surface area contributed by atoms with Gasteiger partial charge in [-0.05, 0) is 49.9 Å². The molecule has 1 saturated carbocycles. The first-order valence-electron chi connectivity index (χ1n) is 7.66. The highest BCUT2D eigenvalue weighted by Crippen LogP contribution is 2.33. The fourth-order valence-corrected chi connectivity index (χ4v) is 2.97. The summed E-state index contributed by atoms with van der Waals surface area (Å²) in [5.41, 5.74) is 0.710. The van der Waals surface area contributed by atoms with Crippen LogP contribution in [-0.2, 0) is 4.79 Å². The molecule has 2 aliphatic rings. The first-order chi connectivity index (χ1) is 10.2. The molecular formula is C17H21NO3. The van der Waals surface area contributed by atoms with E-state index in [1.54, 1.807) is 7.11 Å². The molecule has 1 atom stereocenters. The summed E-state index contributed by atoms with van der Waals surface area (Å²) in [6.07, 6.45) is 3.84. The molecule has 4 heteroatoms. The van der Waals surface area contributed by atoms with Gasteiger partial charge in [0, 0.05) is 30.5 Å². The van der Waals surface area contributed by atoms with Crippen molar-refractivity contribution in [3.05, 3.63) is 29.8 Å². The van der Waals surface area contributed by atoms with Crippen molar-refractivity contribution in [2.24, 2.45) is 11.8 Å². The minimum atomic E-state index is -0.0603. The van der Waals surface area contributed by atoms with E-state index in [1.807, 2.05) is 29.2 Å². The van der Waals surface area contributed by atoms with E-state index in [4.69, 9.17) is 4.74 Å². The number of hydrogen-bond acceptors (Lipinski definition) is 3. The maximum Gasteiger partial charge on any atom is 0.225 e. The van der Waals surface area contributed by atoms with Crippen LogP contribution in [-0.4, -0.2) is 36.8 Å². The molecule has 0 spiro atoms. The van der Waals surface area contributed by atoms with E-state index >= 15 is 0 Å². The quantitative estimate of drug-likeness (QED) is 0.799. The number of ether oxygens (including phenoxy) is 1. The number of amides is 1. The molecule has 21 heavy (non-hydrogen) atoms. The van der Waals surface area contributed by atoms with Gasteiger partial charge in [-0.25, -0.2) is 0 Å². The number of rotatable bonds is 4. The van der Waals surface area contributed by atoms with Gasteiger partial charge in [0.15, 0.2) is 5.78 Å². The second-order valence-electron chi connectivity index (χ2n) is 5.99. The van der Waals surface area contributed by atoms with Crippen LogP contribution in [0.1, 0.15) is 36.0 Å². The molecule has 1 aliphatic carbocycles. The third kappa shape index (κ3) is 3.09. The highest BCUT2D eigenvalue weighted by Gasteiger charge is 2.36. The summed E-state index contributed by atoms with van der Waals surface area (Å²) in [5.74, 6) is 1.32. The second kappa shape index (κ2) is 5.88. The standard InChI is InChI=1S/C17H21NO3/c1-21-15-8-6-12(7-9-15)16(19)14-3-2-10-18(11-14)17(20)13-4-5-13/h6-9,13-14H,2-5,10-11H2,1H3/t14-/m0/s1. The number of likely N-dealkylation sites (tertiary alicyclic amines) is 1. The Morgan fingerprint density at radius 2 is 1.81 bits per heavy atom. The van der Waals surface area contributed by atoms with Gasteiger partial charge in [-0.3, -0.25) is 9.59 Å². The molecule has 1 aliphatic heterocycles. The Morgan fingerprint density at radius 3 is 2.43 bits per heavy atom. The molecule has 0 bridgehead atoms. The lowest BCUT2D eigenvalue weighted by Crippen LogP contribution is -2.43. The van der Waals surface area contributed by atoms with Gasteiger partial charge < -0.3 is 9.64 Å². The number of carbonyl (C=O) groups excluding carboxylic acids is 2. The highest BCUT2D eigenvalue weighted by molar-refractivity contribution is 5.98. The minimum absolute atomic E-state index is 0.0603. The van der Waals surface area contributed by atoms with Crippen LogP contribution < -0.4 is 4.74 Å². The topological polar surface area (TPSA) is 46.6 Å². The molecule has 1 aromatic rings. The summed E-state index contributed by atoms with van der Waals surface area (Å²) in [4.78, 5) is 26.6. The number of ketones is 1. The molecule has 1 saturated heterocycles. The molecule has 112 valence electrons. The van der Waals surface area contributed by atoms with E-state index in [2.05, 4.69) is 0 Å². The summed E-state index contributed by atoms with van der Waals surface area (Å²) in [5, 5.41) is 0. The van der Waals surface area contributed by atoms with Crippen molar-refractivity contribution in [3.63, 3.8) is 0 Å². The van der Waals surface area contributed by atoms with Crippen molar-refractivity contribution in [2.45, 2.75) is 25.7 Å². The third-order valence-corrected chi connectivity index (χ3v) is 4.40. The zero-order valence-electron chi connectivity index (χ0n) is 12.4. The van der Waals surface area contributed by atoms with E-state index in [1.165, 1.54) is 0 Å². The summed E-state index contributed by atoms with van der Waals surface area (Å²) in [6, 6.07) is 7.23. The van der Waals surface area contributed by atoms with Gasteiger partial charge >= 0.3 is 0 Å². The van der Waals surface area contributed by atoms with Gasteiger partial charge in [-0.2, -0.15) is 0 Å².